The summed E-state index contributed by atoms with van der Waals surface area (Å²) >= 11 is 0. The van der Waals surface area contributed by atoms with Crippen molar-refractivity contribution in [3.05, 3.63) is 144 Å². The summed E-state index contributed by atoms with van der Waals surface area (Å²) in [7, 11) is -1.37. The molecule has 61 heavy (non-hydrogen) atoms. The quantitative estimate of drug-likeness (QED) is 0.118. The first-order valence-electron chi connectivity index (χ1n) is 21.7. The molecule has 0 atom stereocenters. The maximum absolute atomic E-state index is 6.50. The van der Waals surface area contributed by atoms with Gasteiger partial charge in [0.2, 0.25) is 5.71 Å². The zero-order chi connectivity index (χ0) is 41.7. The standard InChI is InChI=1S/C32H24N3O.C22H30NSi.Ir/c1-19(2)35-29-23-12-8-7-9-21(23)14-17-27(29)33-31(35)25-15-13-20(3)28-24-16-18-26(22-10-5-4-6-11-22)34-32(24)36-30(25)28;1-16(2)13-18-14-21(23-15-22(18)24(3,4)5)20-12-8-10-17-9-6-7-11-19(17)20;/h4-14,16-19H,1-3H3;8,10,14-16H,6-7,9,11,13H2,1-5H3;/q2*-1;. The van der Waals surface area contributed by atoms with Gasteiger partial charge in [0.25, 0.3) is 0 Å². The summed E-state index contributed by atoms with van der Waals surface area (Å²) in [6, 6.07) is 43.1. The van der Waals surface area contributed by atoms with Crippen LogP contribution in [0.25, 0.3) is 77.8 Å². The summed E-state index contributed by atoms with van der Waals surface area (Å²) in [6.07, 6.45) is 8.32. The first-order valence-corrected chi connectivity index (χ1v) is 25.2. The molecule has 0 aliphatic heterocycles. The van der Waals surface area contributed by atoms with Gasteiger partial charge in [-0.1, -0.05) is 143 Å². The third-order valence-corrected chi connectivity index (χ3v) is 14.1. The summed E-state index contributed by atoms with van der Waals surface area (Å²) in [5.41, 5.74) is 14.4. The molecule has 5 aromatic carbocycles. The number of nitrogens with zero attached hydrogens (tertiary/aromatic N) is 4. The molecule has 0 amide bonds. The smallest absolute Gasteiger partial charge is 0.216 e. The van der Waals surface area contributed by atoms with E-state index in [-0.39, 0.29) is 26.1 Å². The molecule has 0 saturated heterocycles. The minimum atomic E-state index is -1.37. The molecule has 10 rings (SSSR count). The monoisotopic (exact) mass is 995 g/mol. The number of pyridine rings is 2. The fourth-order valence-electron chi connectivity index (χ4n) is 9.20. The summed E-state index contributed by atoms with van der Waals surface area (Å²) in [5, 5.41) is 6.00. The Balaban J connectivity index is 0.000000180. The molecule has 1 aliphatic carbocycles. The van der Waals surface area contributed by atoms with Gasteiger partial charge < -0.3 is 14.0 Å². The van der Waals surface area contributed by atoms with Gasteiger partial charge in [0, 0.05) is 48.7 Å². The van der Waals surface area contributed by atoms with Crippen LogP contribution in [0.2, 0.25) is 19.6 Å². The molecule has 4 aromatic heterocycles. The van der Waals surface area contributed by atoms with E-state index >= 15 is 0 Å². The number of fused-ring (bicyclic) bond motifs is 7. The van der Waals surface area contributed by atoms with Gasteiger partial charge in [0.15, 0.2) is 0 Å². The fraction of sp³-hybridized carbons (Fsp3) is 0.278. The molecular formula is C54H54IrN4OSi-2. The van der Waals surface area contributed by atoms with Gasteiger partial charge in [-0.25, -0.2) is 4.98 Å². The first-order chi connectivity index (χ1) is 29.0. The first kappa shape index (κ1) is 42.5. The molecule has 7 heteroatoms. The second kappa shape index (κ2) is 17.3. The Morgan fingerprint density at radius 1 is 0.787 bits per heavy atom. The zero-order valence-corrected chi connectivity index (χ0v) is 40.0. The number of hydrogen-bond acceptors (Lipinski definition) is 4. The zero-order valence-electron chi connectivity index (χ0n) is 36.6. The van der Waals surface area contributed by atoms with E-state index in [0.717, 1.165) is 67.7 Å². The third kappa shape index (κ3) is 8.16. The molecule has 4 heterocycles. The van der Waals surface area contributed by atoms with Crippen LogP contribution in [0.1, 0.15) is 68.8 Å². The van der Waals surface area contributed by atoms with Crippen molar-refractivity contribution >= 4 is 57.1 Å². The number of aromatic nitrogens is 4. The van der Waals surface area contributed by atoms with Crippen LogP contribution in [0.3, 0.4) is 0 Å². The van der Waals surface area contributed by atoms with Crippen LogP contribution < -0.4 is 5.19 Å². The van der Waals surface area contributed by atoms with Crippen LogP contribution in [-0.2, 0) is 39.4 Å². The Hall–Kier alpha value is -5.20. The summed E-state index contributed by atoms with van der Waals surface area (Å²) in [4.78, 5) is 14.9. The number of imidazole rings is 1. The van der Waals surface area contributed by atoms with Crippen LogP contribution in [0.5, 0.6) is 0 Å². The van der Waals surface area contributed by atoms with Crippen molar-refractivity contribution in [2.24, 2.45) is 5.92 Å². The average Bonchev–Trinajstić information content (AvgIpc) is 3.84. The molecule has 9 aromatic rings. The van der Waals surface area contributed by atoms with E-state index in [9.17, 15) is 0 Å². The van der Waals surface area contributed by atoms with Gasteiger partial charge in [-0.05, 0) is 67.1 Å². The third-order valence-electron chi connectivity index (χ3n) is 12.0. The minimum absolute atomic E-state index is 0. The number of furan rings is 1. The molecule has 5 nitrogen and oxygen atoms in total. The van der Waals surface area contributed by atoms with Gasteiger partial charge in [0.05, 0.1) is 36.2 Å². The Bertz CT molecular complexity index is 3030. The van der Waals surface area contributed by atoms with Crippen molar-refractivity contribution < 1.29 is 24.5 Å². The molecule has 0 spiro atoms. The van der Waals surface area contributed by atoms with Gasteiger partial charge >= 0.3 is 0 Å². The second-order valence-electron chi connectivity index (χ2n) is 18.3. The van der Waals surface area contributed by atoms with Gasteiger partial charge in [-0.3, -0.25) is 4.98 Å². The van der Waals surface area contributed by atoms with Crippen molar-refractivity contribution in [1.29, 1.82) is 0 Å². The van der Waals surface area contributed by atoms with E-state index in [4.69, 9.17) is 19.4 Å². The summed E-state index contributed by atoms with van der Waals surface area (Å²) < 4.78 is 8.82. The largest absolute Gasteiger partial charge is 0.486 e. The minimum Gasteiger partial charge on any atom is -0.486 e. The number of aryl methyl sites for hydroxylation is 2. The predicted octanol–water partition coefficient (Wildman–Crippen LogP) is 13.7. The van der Waals surface area contributed by atoms with Crippen molar-refractivity contribution in [1.82, 2.24) is 19.5 Å². The van der Waals surface area contributed by atoms with Crippen LogP contribution in [0, 0.1) is 25.0 Å². The molecular weight excluding hydrogens is 941 g/mol. The Kier molecular flexibility index (Phi) is 12.0. The molecule has 311 valence electrons. The summed E-state index contributed by atoms with van der Waals surface area (Å²) in [5.74, 6) is 1.53. The van der Waals surface area contributed by atoms with Crippen molar-refractivity contribution in [2.75, 3.05) is 0 Å². The van der Waals surface area contributed by atoms with Crippen molar-refractivity contribution in [2.45, 2.75) is 92.4 Å². The van der Waals surface area contributed by atoms with E-state index in [2.05, 4.69) is 156 Å². The molecule has 0 N–H and O–H groups in total. The Labute approximate surface area is 375 Å². The van der Waals surface area contributed by atoms with Crippen LogP contribution >= 0.6 is 0 Å². The topological polar surface area (TPSA) is 56.7 Å². The predicted molar refractivity (Wildman–Crippen MR) is 254 cm³/mol. The Morgan fingerprint density at radius 3 is 2.33 bits per heavy atom. The molecule has 0 unspecified atom stereocenters. The van der Waals surface area contributed by atoms with E-state index in [1.807, 2.05) is 24.3 Å². The van der Waals surface area contributed by atoms with Crippen molar-refractivity contribution in [3.63, 3.8) is 0 Å². The maximum Gasteiger partial charge on any atom is 0.216 e. The molecule has 0 fully saturated rings. The van der Waals surface area contributed by atoms with E-state index in [1.165, 1.54) is 63.9 Å². The molecule has 1 radical (unpaired) electrons. The average molecular weight is 995 g/mol. The fourth-order valence-corrected chi connectivity index (χ4v) is 10.8. The van der Waals surface area contributed by atoms with Crippen LogP contribution in [0.15, 0.2) is 114 Å². The van der Waals surface area contributed by atoms with Crippen LogP contribution in [0.4, 0.5) is 0 Å². The van der Waals surface area contributed by atoms with E-state index in [1.54, 1.807) is 0 Å². The normalized spacial score (nSPS) is 12.9. The number of rotatable bonds is 7. The van der Waals surface area contributed by atoms with Gasteiger partial charge in [-0.15, -0.1) is 52.6 Å². The number of hydrogen-bond donors (Lipinski definition) is 0. The maximum atomic E-state index is 6.50. The number of benzene rings is 5. The van der Waals surface area contributed by atoms with Gasteiger partial charge in [-0.2, -0.15) is 0 Å². The van der Waals surface area contributed by atoms with Gasteiger partial charge in [0.1, 0.15) is 0 Å². The Morgan fingerprint density at radius 2 is 1.56 bits per heavy atom. The second-order valence-corrected chi connectivity index (χ2v) is 23.3. The van der Waals surface area contributed by atoms with E-state index < -0.39 is 8.07 Å². The SMILES string of the molecule is CC(C)Cc1cc(-c2[c-]ccc3c2CCCC3)ncc1[Si](C)(C)C.Cc1c[c-]c(-c2nc3ccc4ccccc4c3n2C(C)C)c2oc3nc(-c4ccccc4)ccc3c12.[Ir]. The summed E-state index contributed by atoms with van der Waals surface area (Å²) in [6.45, 7) is 18.4. The molecule has 1 aliphatic rings. The van der Waals surface area contributed by atoms with E-state index in [0.29, 0.717) is 11.6 Å². The van der Waals surface area contributed by atoms with Crippen LogP contribution in [-0.4, -0.2) is 27.6 Å². The molecule has 0 bridgehead atoms. The van der Waals surface area contributed by atoms with Crippen molar-refractivity contribution in [3.8, 4) is 33.9 Å². The molecule has 0 saturated carbocycles.